The van der Waals surface area contributed by atoms with Gasteiger partial charge in [-0.05, 0) is 41.2 Å². The van der Waals surface area contributed by atoms with E-state index in [1.807, 2.05) is 11.3 Å². The Labute approximate surface area is 103 Å². The number of rotatable bonds is 2. The molecule has 0 saturated carbocycles. The van der Waals surface area contributed by atoms with Gasteiger partial charge in [0.1, 0.15) is 0 Å². The highest BCUT2D eigenvalue weighted by Gasteiger charge is 2.30. The van der Waals surface area contributed by atoms with Crippen LogP contribution in [0, 0.1) is 0 Å². The Balaban J connectivity index is 2.07. The van der Waals surface area contributed by atoms with Gasteiger partial charge in [0.25, 0.3) is 0 Å². The summed E-state index contributed by atoms with van der Waals surface area (Å²) in [5, 5.41) is 2.13. The lowest BCUT2D eigenvalue weighted by atomic mass is 10.0. The van der Waals surface area contributed by atoms with Gasteiger partial charge < -0.3 is 4.74 Å². The molecule has 1 saturated heterocycles. The summed E-state index contributed by atoms with van der Waals surface area (Å²) < 4.78 is 6.75. The van der Waals surface area contributed by atoms with E-state index in [1.54, 1.807) is 0 Å². The first kappa shape index (κ1) is 11.6. The average Bonchev–Trinajstić information content (AvgIpc) is 2.56. The molecule has 1 aliphatic rings. The van der Waals surface area contributed by atoms with Crippen LogP contribution in [-0.2, 0) is 11.3 Å². The summed E-state index contributed by atoms with van der Waals surface area (Å²) in [6.07, 6.45) is 0. The van der Waals surface area contributed by atoms with E-state index >= 15 is 0 Å². The lowest BCUT2D eigenvalue weighted by Crippen LogP contribution is -2.52. The van der Waals surface area contributed by atoms with Gasteiger partial charge in [0.05, 0.1) is 13.2 Å². The molecular weight excluding hydrogens is 274 g/mol. The average molecular weight is 290 g/mol. The van der Waals surface area contributed by atoms with Crippen LogP contribution in [0.1, 0.15) is 18.7 Å². The third-order valence-corrected chi connectivity index (χ3v) is 4.75. The first-order chi connectivity index (χ1) is 7.09. The van der Waals surface area contributed by atoms with Gasteiger partial charge in [0.2, 0.25) is 0 Å². The maximum absolute atomic E-state index is 5.51. The Hall–Kier alpha value is 0.100. The monoisotopic (exact) mass is 289 g/mol. The van der Waals surface area contributed by atoms with E-state index in [2.05, 4.69) is 46.1 Å². The predicted molar refractivity (Wildman–Crippen MR) is 67.3 cm³/mol. The van der Waals surface area contributed by atoms with Gasteiger partial charge in [-0.15, -0.1) is 11.3 Å². The number of hydrogen-bond donors (Lipinski definition) is 0. The Kier molecular flexibility index (Phi) is 3.50. The smallest absolute Gasteiger partial charge is 0.0645 e. The van der Waals surface area contributed by atoms with Crippen LogP contribution in [0.4, 0.5) is 0 Å². The lowest BCUT2D eigenvalue weighted by molar-refractivity contribution is -0.0549. The van der Waals surface area contributed by atoms with Gasteiger partial charge in [0, 0.05) is 28.0 Å². The maximum Gasteiger partial charge on any atom is 0.0645 e. The van der Waals surface area contributed by atoms with Gasteiger partial charge >= 0.3 is 0 Å². The van der Waals surface area contributed by atoms with Gasteiger partial charge in [-0.25, -0.2) is 0 Å². The third kappa shape index (κ3) is 2.61. The van der Waals surface area contributed by atoms with Crippen LogP contribution in [0.3, 0.4) is 0 Å². The highest BCUT2D eigenvalue weighted by Crippen LogP contribution is 2.28. The van der Waals surface area contributed by atoms with E-state index in [-0.39, 0.29) is 5.54 Å². The zero-order valence-corrected chi connectivity index (χ0v) is 11.5. The van der Waals surface area contributed by atoms with E-state index in [9.17, 15) is 0 Å². The van der Waals surface area contributed by atoms with Crippen molar-refractivity contribution in [2.75, 3.05) is 19.8 Å². The molecule has 2 heterocycles. The summed E-state index contributed by atoms with van der Waals surface area (Å²) in [5.41, 5.74) is 0.154. The van der Waals surface area contributed by atoms with Crippen LogP contribution in [0.25, 0.3) is 0 Å². The van der Waals surface area contributed by atoms with Gasteiger partial charge in [-0.3, -0.25) is 4.90 Å². The zero-order chi connectivity index (χ0) is 10.9. The molecule has 4 heteroatoms. The van der Waals surface area contributed by atoms with Crippen LogP contribution in [0.5, 0.6) is 0 Å². The van der Waals surface area contributed by atoms with Crippen LogP contribution < -0.4 is 0 Å². The molecule has 1 fully saturated rings. The largest absolute Gasteiger partial charge is 0.378 e. The molecular formula is C11H16BrNOS. The minimum atomic E-state index is 0.154. The predicted octanol–water partition coefficient (Wildman–Crippen LogP) is 3.12. The standard InChI is InChI=1S/C11H16BrNOS/c1-11(2)8-14-5-4-13(11)7-10-9(12)3-6-15-10/h3,6H,4-5,7-8H2,1-2H3. The fourth-order valence-corrected chi connectivity index (χ4v) is 3.29. The lowest BCUT2D eigenvalue weighted by Gasteiger charge is -2.41. The van der Waals surface area contributed by atoms with Crippen molar-refractivity contribution in [3.05, 3.63) is 20.8 Å². The van der Waals surface area contributed by atoms with Crippen molar-refractivity contribution < 1.29 is 4.74 Å². The SMILES string of the molecule is CC1(C)COCCN1Cc1sccc1Br. The Morgan fingerprint density at radius 2 is 2.40 bits per heavy atom. The molecule has 0 N–H and O–H groups in total. The number of thiophene rings is 1. The number of halogens is 1. The molecule has 84 valence electrons. The van der Waals surface area contributed by atoms with Gasteiger partial charge in [0.15, 0.2) is 0 Å². The Morgan fingerprint density at radius 3 is 3.00 bits per heavy atom. The molecule has 0 unspecified atom stereocenters. The molecule has 1 aromatic heterocycles. The minimum Gasteiger partial charge on any atom is -0.378 e. The van der Waals surface area contributed by atoms with Crippen molar-refractivity contribution >= 4 is 27.3 Å². The highest BCUT2D eigenvalue weighted by atomic mass is 79.9. The van der Waals surface area contributed by atoms with Crippen molar-refractivity contribution in [3.63, 3.8) is 0 Å². The van der Waals surface area contributed by atoms with Gasteiger partial charge in [-0.2, -0.15) is 0 Å². The molecule has 0 aromatic carbocycles. The molecule has 0 atom stereocenters. The van der Waals surface area contributed by atoms with Crippen molar-refractivity contribution in [3.8, 4) is 0 Å². The molecule has 0 aliphatic carbocycles. The van der Waals surface area contributed by atoms with Crippen molar-refractivity contribution in [1.82, 2.24) is 4.90 Å². The summed E-state index contributed by atoms with van der Waals surface area (Å²) in [6.45, 7) is 8.22. The number of ether oxygens (including phenoxy) is 1. The summed E-state index contributed by atoms with van der Waals surface area (Å²) in [5.74, 6) is 0. The first-order valence-corrected chi connectivity index (χ1v) is 6.81. The van der Waals surface area contributed by atoms with Crippen molar-refractivity contribution in [2.45, 2.75) is 25.9 Å². The molecule has 2 nitrogen and oxygen atoms in total. The summed E-state index contributed by atoms with van der Waals surface area (Å²) in [4.78, 5) is 3.90. The zero-order valence-electron chi connectivity index (χ0n) is 9.12. The Morgan fingerprint density at radius 1 is 1.60 bits per heavy atom. The van der Waals surface area contributed by atoms with Gasteiger partial charge in [-0.1, -0.05) is 0 Å². The van der Waals surface area contributed by atoms with Crippen LogP contribution in [-0.4, -0.2) is 30.2 Å². The molecule has 15 heavy (non-hydrogen) atoms. The highest BCUT2D eigenvalue weighted by molar-refractivity contribution is 9.10. The van der Waals surface area contributed by atoms with Crippen LogP contribution >= 0.6 is 27.3 Å². The second-order valence-corrected chi connectivity index (χ2v) is 6.33. The number of nitrogens with zero attached hydrogens (tertiary/aromatic N) is 1. The topological polar surface area (TPSA) is 12.5 Å². The molecule has 0 amide bonds. The van der Waals surface area contributed by atoms with E-state index < -0.39 is 0 Å². The quantitative estimate of drug-likeness (QED) is 0.830. The first-order valence-electron chi connectivity index (χ1n) is 5.14. The molecule has 0 radical (unpaired) electrons. The van der Waals surface area contributed by atoms with E-state index in [0.717, 1.165) is 26.3 Å². The second-order valence-electron chi connectivity index (χ2n) is 4.48. The molecule has 0 spiro atoms. The summed E-state index contributed by atoms with van der Waals surface area (Å²) in [7, 11) is 0. The number of hydrogen-bond acceptors (Lipinski definition) is 3. The summed E-state index contributed by atoms with van der Waals surface area (Å²) in [6, 6.07) is 2.12. The van der Waals surface area contributed by atoms with Crippen molar-refractivity contribution in [2.24, 2.45) is 0 Å². The minimum absolute atomic E-state index is 0.154. The van der Waals surface area contributed by atoms with Crippen molar-refractivity contribution in [1.29, 1.82) is 0 Å². The normalized spacial score (nSPS) is 21.8. The summed E-state index contributed by atoms with van der Waals surface area (Å²) >= 11 is 5.40. The van der Waals surface area contributed by atoms with E-state index in [4.69, 9.17) is 4.74 Å². The molecule has 1 aliphatic heterocycles. The molecule has 2 rings (SSSR count). The van der Waals surface area contributed by atoms with E-state index in [0.29, 0.717) is 0 Å². The van der Waals surface area contributed by atoms with Crippen LogP contribution in [0.2, 0.25) is 0 Å². The fourth-order valence-electron chi connectivity index (χ4n) is 1.79. The molecule has 1 aromatic rings. The van der Waals surface area contributed by atoms with E-state index in [1.165, 1.54) is 9.35 Å². The fraction of sp³-hybridized carbons (Fsp3) is 0.636. The maximum atomic E-state index is 5.51. The second kappa shape index (κ2) is 4.53. The number of morpholine rings is 1. The third-order valence-electron chi connectivity index (χ3n) is 2.84. The Bertz CT molecular complexity index is 337. The molecule has 0 bridgehead atoms. The van der Waals surface area contributed by atoms with Crippen LogP contribution in [0.15, 0.2) is 15.9 Å².